The number of aromatic nitrogens is 2. The highest BCUT2D eigenvalue weighted by Gasteiger charge is 2.41. The number of rotatable bonds is 7. The quantitative estimate of drug-likeness (QED) is 0.477. The summed E-state index contributed by atoms with van der Waals surface area (Å²) in [5.74, 6) is 0. The molecule has 162 valence electrons. The second kappa shape index (κ2) is 9.23. The van der Waals surface area contributed by atoms with Crippen molar-refractivity contribution in [3.05, 3.63) is 82.9 Å². The molecule has 31 heavy (non-hydrogen) atoms. The minimum absolute atomic E-state index is 0.0435. The molecule has 0 radical (unpaired) electrons. The van der Waals surface area contributed by atoms with Crippen LogP contribution in [-0.2, 0) is 6.42 Å². The smallest absolute Gasteiger partial charge is 0.170 e. The third-order valence-electron chi connectivity index (χ3n) is 6.34. The standard InChI is InChI=1S/C26H32N4S/c1-5-7-16-29-25(24(28-26(29)31)23-10-8-9-15-27-23)22-17-18(3)30(19(22)4)21-13-11-20(6-2)12-14-21/h8-15,17,24-25H,5-7,16H2,1-4H3,(H,28,31)/t24-,25+/m1/s1. The topological polar surface area (TPSA) is 33.1 Å². The van der Waals surface area contributed by atoms with Crippen LogP contribution in [-0.4, -0.2) is 26.1 Å². The molecule has 1 aliphatic heterocycles. The molecule has 5 heteroatoms. The highest BCUT2D eigenvalue weighted by Crippen LogP contribution is 2.41. The van der Waals surface area contributed by atoms with Crippen molar-refractivity contribution in [3.8, 4) is 5.69 Å². The van der Waals surface area contributed by atoms with Crippen LogP contribution in [0.2, 0.25) is 0 Å². The van der Waals surface area contributed by atoms with Crippen molar-refractivity contribution in [1.29, 1.82) is 0 Å². The number of nitrogens with zero attached hydrogens (tertiary/aromatic N) is 3. The number of aryl methyl sites for hydroxylation is 2. The Labute approximate surface area is 191 Å². The van der Waals surface area contributed by atoms with Crippen molar-refractivity contribution < 1.29 is 0 Å². The third-order valence-corrected chi connectivity index (χ3v) is 6.69. The lowest BCUT2D eigenvalue weighted by molar-refractivity contribution is 0.312. The molecule has 0 saturated carbocycles. The van der Waals surface area contributed by atoms with Crippen LogP contribution in [0.4, 0.5) is 0 Å². The zero-order valence-corrected chi connectivity index (χ0v) is 19.7. The second-order valence-electron chi connectivity index (χ2n) is 8.36. The third kappa shape index (κ3) is 4.11. The van der Waals surface area contributed by atoms with Crippen molar-refractivity contribution >= 4 is 17.3 Å². The molecule has 0 unspecified atom stereocenters. The maximum absolute atomic E-state index is 5.79. The van der Waals surface area contributed by atoms with E-state index in [0.29, 0.717) is 0 Å². The lowest BCUT2D eigenvalue weighted by Crippen LogP contribution is -2.30. The molecule has 0 bridgehead atoms. The summed E-state index contributed by atoms with van der Waals surface area (Å²) in [7, 11) is 0. The average Bonchev–Trinajstić information content (AvgIpc) is 3.27. The number of pyridine rings is 1. The molecule has 1 aliphatic rings. The van der Waals surface area contributed by atoms with E-state index in [4.69, 9.17) is 12.2 Å². The van der Waals surface area contributed by atoms with Gasteiger partial charge < -0.3 is 14.8 Å². The van der Waals surface area contributed by atoms with Crippen LogP contribution < -0.4 is 5.32 Å². The molecule has 3 aromatic rings. The summed E-state index contributed by atoms with van der Waals surface area (Å²) in [6.45, 7) is 9.79. The first-order chi connectivity index (χ1) is 15.0. The molecule has 1 fully saturated rings. The Morgan fingerprint density at radius 1 is 1.06 bits per heavy atom. The minimum atomic E-state index is 0.0435. The molecule has 0 amide bonds. The van der Waals surface area contributed by atoms with Crippen molar-refractivity contribution in [3.63, 3.8) is 0 Å². The first kappa shape index (κ1) is 21.6. The van der Waals surface area contributed by atoms with Gasteiger partial charge in [0, 0.05) is 29.8 Å². The summed E-state index contributed by atoms with van der Waals surface area (Å²) in [4.78, 5) is 7.03. The Morgan fingerprint density at radius 3 is 2.48 bits per heavy atom. The number of nitrogens with one attached hydrogen (secondary N) is 1. The van der Waals surface area contributed by atoms with Crippen molar-refractivity contribution in [1.82, 2.24) is 19.8 Å². The molecular formula is C26H32N4S. The Bertz CT molecular complexity index is 1040. The molecule has 2 atom stereocenters. The van der Waals surface area contributed by atoms with Gasteiger partial charge in [0.15, 0.2) is 5.11 Å². The van der Waals surface area contributed by atoms with E-state index in [0.717, 1.165) is 36.6 Å². The predicted octanol–water partition coefficient (Wildman–Crippen LogP) is 5.82. The zero-order chi connectivity index (χ0) is 22.0. The van der Waals surface area contributed by atoms with E-state index in [1.54, 1.807) is 0 Å². The Balaban J connectivity index is 1.79. The van der Waals surface area contributed by atoms with Crippen LogP contribution in [0, 0.1) is 13.8 Å². The normalized spacial score (nSPS) is 18.5. The largest absolute Gasteiger partial charge is 0.352 e. The van der Waals surface area contributed by atoms with Crippen molar-refractivity contribution in [2.45, 2.75) is 59.0 Å². The molecule has 0 spiro atoms. The Morgan fingerprint density at radius 2 is 1.84 bits per heavy atom. The lowest BCUT2D eigenvalue weighted by Gasteiger charge is -2.28. The van der Waals surface area contributed by atoms with Gasteiger partial charge in [0.1, 0.15) is 0 Å². The molecule has 4 rings (SSSR count). The summed E-state index contributed by atoms with van der Waals surface area (Å²) >= 11 is 5.79. The van der Waals surface area contributed by atoms with Crippen molar-refractivity contribution in [2.24, 2.45) is 0 Å². The Hall–Kier alpha value is -2.66. The number of unbranched alkanes of at least 4 members (excludes halogenated alkanes) is 1. The summed E-state index contributed by atoms with van der Waals surface area (Å²) < 4.78 is 2.36. The zero-order valence-electron chi connectivity index (χ0n) is 18.9. The van der Waals surface area contributed by atoms with Gasteiger partial charge >= 0.3 is 0 Å². The van der Waals surface area contributed by atoms with Gasteiger partial charge in [-0.25, -0.2) is 0 Å². The SMILES string of the molecule is CCCCN1C(=S)N[C@H](c2ccccn2)[C@@H]1c1cc(C)n(-c2ccc(CC)cc2)c1C. The lowest BCUT2D eigenvalue weighted by atomic mass is 9.96. The predicted molar refractivity (Wildman–Crippen MR) is 132 cm³/mol. The highest BCUT2D eigenvalue weighted by molar-refractivity contribution is 7.80. The summed E-state index contributed by atoms with van der Waals surface area (Å²) in [5, 5.41) is 4.40. The highest BCUT2D eigenvalue weighted by atomic mass is 32.1. The fourth-order valence-corrected chi connectivity index (χ4v) is 5.01. The first-order valence-electron chi connectivity index (χ1n) is 11.3. The van der Waals surface area contributed by atoms with E-state index in [9.17, 15) is 0 Å². The number of thiocarbonyl (C=S) groups is 1. The van der Waals surface area contributed by atoms with Gasteiger partial charge in [-0.1, -0.05) is 38.5 Å². The van der Waals surface area contributed by atoms with Gasteiger partial charge in [-0.05, 0) is 80.4 Å². The Kier molecular flexibility index (Phi) is 6.42. The molecule has 2 aromatic heterocycles. The van der Waals surface area contributed by atoms with Gasteiger partial charge in [-0.3, -0.25) is 4.98 Å². The fraction of sp³-hybridized carbons (Fsp3) is 0.385. The molecule has 1 saturated heterocycles. The van der Waals surface area contributed by atoms with E-state index < -0.39 is 0 Å². The van der Waals surface area contributed by atoms with Crippen LogP contribution in [0.3, 0.4) is 0 Å². The molecule has 1 N–H and O–H groups in total. The van der Waals surface area contributed by atoms with Crippen LogP contribution in [0.25, 0.3) is 5.69 Å². The van der Waals surface area contributed by atoms with Gasteiger partial charge in [0.05, 0.1) is 17.8 Å². The molecule has 0 aliphatic carbocycles. The van der Waals surface area contributed by atoms with E-state index in [1.807, 2.05) is 12.3 Å². The average molecular weight is 433 g/mol. The number of benzene rings is 1. The minimum Gasteiger partial charge on any atom is -0.352 e. The van der Waals surface area contributed by atoms with Crippen LogP contribution in [0.1, 0.15) is 67.0 Å². The van der Waals surface area contributed by atoms with Crippen LogP contribution >= 0.6 is 12.2 Å². The molecule has 1 aromatic carbocycles. The monoisotopic (exact) mass is 432 g/mol. The van der Waals surface area contributed by atoms with E-state index in [2.05, 4.69) is 89.9 Å². The number of hydrogen-bond acceptors (Lipinski definition) is 2. The maximum Gasteiger partial charge on any atom is 0.170 e. The van der Waals surface area contributed by atoms with Gasteiger partial charge in [-0.2, -0.15) is 0 Å². The van der Waals surface area contributed by atoms with E-state index in [-0.39, 0.29) is 12.1 Å². The molecule has 3 heterocycles. The summed E-state index contributed by atoms with van der Waals surface area (Å²) in [5.41, 5.74) is 7.42. The van der Waals surface area contributed by atoms with Gasteiger partial charge in [-0.15, -0.1) is 0 Å². The molecule has 4 nitrogen and oxygen atoms in total. The van der Waals surface area contributed by atoms with Gasteiger partial charge in [0.2, 0.25) is 0 Å². The van der Waals surface area contributed by atoms with Crippen molar-refractivity contribution in [2.75, 3.05) is 6.54 Å². The molecular weight excluding hydrogens is 400 g/mol. The van der Waals surface area contributed by atoms with Gasteiger partial charge in [0.25, 0.3) is 0 Å². The fourth-order valence-electron chi connectivity index (χ4n) is 4.68. The number of hydrogen-bond donors (Lipinski definition) is 1. The van der Waals surface area contributed by atoms with E-state index in [1.165, 1.54) is 28.2 Å². The van der Waals surface area contributed by atoms with Crippen LogP contribution in [0.5, 0.6) is 0 Å². The van der Waals surface area contributed by atoms with Crippen LogP contribution in [0.15, 0.2) is 54.7 Å². The second-order valence-corrected chi connectivity index (χ2v) is 8.74. The summed E-state index contributed by atoms with van der Waals surface area (Å²) in [6.07, 6.45) is 5.18. The maximum atomic E-state index is 5.79. The first-order valence-corrected chi connectivity index (χ1v) is 11.7. The summed E-state index contributed by atoms with van der Waals surface area (Å²) in [6, 6.07) is 17.5. The van der Waals surface area contributed by atoms with E-state index >= 15 is 0 Å².